The van der Waals surface area contributed by atoms with E-state index in [9.17, 15) is 4.79 Å². The van der Waals surface area contributed by atoms with E-state index in [0.29, 0.717) is 21.4 Å². The number of benzene rings is 1. The van der Waals surface area contributed by atoms with Crippen molar-refractivity contribution in [1.82, 2.24) is 20.2 Å². The predicted molar refractivity (Wildman–Crippen MR) is 65.5 cm³/mol. The standard InChI is InChI=1S/C10H8Cl2N4O2/c11-6-1-2-7(8(12)5-6)10-13-14-15-16(10)4-3-9(17)18/h1-2,5H,3-4H2,(H,17,18). The number of aliphatic carboxylic acids is 1. The Morgan fingerprint density at radius 1 is 1.39 bits per heavy atom. The van der Waals surface area contributed by atoms with Crippen molar-refractivity contribution < 1.29 is 9.90 Å². The minimum absolute atomic E-state index is 0.0662. The largest absolute Gasteiger partial charge is 0.481 e. The molecular weight excluding hydrogens is 279 g/mol. The Bertz CT molecular complexity index is 585. The Labute approximate surface area is 112 Å². The lowest BCUT2D eigenvalue weighted by Gasteiger charge is -2.05. The summed E-state index contributed by atoms with van der Waals surface area (Å²) < 4.78 is 1.39. The molecule has 0 aliphatic rings. The first-order valence-corrected chi connectivity index (χ1v) is 5.77. The van der Waals surface area contributed by atoms with Gasteiger partial charge in [0.05, 0.1) is 18.0 Å². The maximum absolute atomic E-state index is 10.5. The second-order valence-electron chi connectivity index (χ2n) is 3.49. The SMILES string of the molecule is O=C(O)CCn1nnnc1-c1ccc(Cl)cc1Cl. The van der Waals surface area contributed by atoms with Crippen LogP contribution in [0.3, 0.4) is 0 Å². The number of aryl methyl sites for hydroxylation is 1. The van der Waals surface area contributed by atoms with Crippen LogP contribution in [0, 0.1) is 0 Å². The molecule has 6 nitrogen and oxygen atoms in total. The van der Waals surface area contributed by atoms with E-state index in [1.807, 2.05) is 0 Å². The Balaban J connectivity index is 2.33. The van der Waals surface area contributed by atoms with Crippen LogP contribution in [0.5, 0.6) is 0 Å². The average Bonchev–Trinajstić information content (AvgIpc) is 2.74. The molecule has 2 aromatic rings. The number of carbonyl (C=O) groups is 1. The second-order valence-corrected chi connectivity index (χ2v) is 4.34. The third-order valence-corrected chi connectivity index (χ3v) is 2.79. The number of hydrogen-bond acceptors (Lipinski definition) is 4. The zero-order valence-corrected chi connectivity index (χ0v) is 10.6. The van der Waals surface area contributed by atoms with Gasteiger partial charge in [-0.25, -0.2) is 4.68 Å². The van der Waals surface area contributed by atoms with E-state index < -0.39 is 5.97 Å². The highest BCUT2D eigenvalue weighted by molar-refractivity contribution is 6.36. The van der Waals surface area contributed by atoms with Gasteiger partial charge >= 0.3 is 5.97 Å². The molecule has 0 atom stereocenters. The lowest BCUT2D eigenvalue weighted by molar-refractivity contribution is -0.137. The minimum atomic E-state index is -0.918. The summed E-state index contributed by atoms with van der Waals surface area (Å²) in [6, 6.07) is 4.93. The fourth-order valence-electron chi connectivity index (χ4n) is 1.42. The van der Waals surface area contributed by atoms with Gasteiger partial charge < -0.3 is 5.11 Å². The highest BCUT2D eigenvalue weighted by Gasteiger charge is 2.13. The van der Waals surface area contributed by atoms with Crippen LogP contribution >= 0.6 is 23.2 Å². The number of carboxylic acids is 1. The zero-order valence-electron chi connectivity index (χ0n) is 9.05. The number of halogens is 2. The summed E-state index contributed by atoms with van der Waals surface area (Å²) in [6.45, 7) is 0.177. The highest BCUT2D eigenvalue weighted by Crippen LogP contribution is 2.28. The third kappa shape index (κ3) is 2.77. The average molecular weight is 287 g/mol. The molecule has 0 bridgehead atoms. The van der Waals surface area contributed by atoms with Crippen molar-refractivity contribution in [3.8, 4) is 11.4 Å². The van der Waals surface area contributed by atoms with Gasteiger partial charge in [0, 0.05) is 10.6 Å². The van der Waals surface area contributed by atoms with Gasteiger partial charge in [0.15, 0.2) is 5.82 Å². The van der Waals surface area contributed by atoms with E-state index in [1.165, 1.54) is 4.68 Å². The van der Waals surface area contributed by atoms with Gasteiger partial charge in [-0.15, -0.1) is 5.10 Å². The quantitative estimate of drug-likeness (QED) is 0.931. The molecule has 1 N–H and O–H groups in total. The van der Waals surface area contributed by atoms with Crippen molar-refractivity contribution in [2.45, 2.75) is 13.0 Å². The van der Waals surface area contributed by atoms with E-state index in [0.717, 1.165) is 0 Å². The van der Waals surface area contributed by atoms with Crippen molar-refractivity contribution in [2.24, 2.45) is 0 Å². The molecule has 1 aromatic heterocycles. The fraction of sp³-hybridized carbons (Fsp3) is 0.200. The van der Waals surface area contributed by atoms with Crippen LogP contribution in [0.25, 0.3) is 11.4 Å². The van der Waals surface area contributed by atoms with E-state index >= 15 is 0 Å². The van der Waals surface area contributed by atoms with Crippen LogP contribution in [0.15, 0.2) is 18.2 Å². The molecule has 0 saturated heterocycles. The van der Waals surface area contributed by atoms with Gasteiger partial charge in [-0.05, 0) is 28.6 Å². The molecule has 1 heterocycles. The van der Waals surface area contributed by atoms with E-state index in [4.69, 9.17) is 28.3 Å². The van der Waals surface area contributed by atoms with Crippen LogP contribution in [0.4, 0.5) is 0 Å². The number of rotatable bonds is 4. The van der Waals surface area contributed by atoms with E-state index in [2.05, 4.69) is 15.5 Å². The van der Waals surface area contributed by atoms with Crippen LogP contribution in [-0.4, -0.2) is 31.3 Å². The van der Waals surface area contributed by atoms with E-state index in [1.54, 1.807) is 18.2 Å². The molecule has 0 aliphatic carbocycles. The lowest BCUT2D eigenvalue weighted by Crippen LogP contribution is -2.07. The van der Waals surface area contributed by atoms with Crippen LogP contribution in [0.2, 0.25) is 10.0 Å². The van der Waals surface area contributed by atoms with Crippen LogP contribution < -0.4 is 0 Å². The first-order valence-electron chi connectivity index (χ1n) is 5.01. The summed E-state index contributed by atoms with van der Waals surface area (Å²) in [5, 5.41) is 20.6. The Hall–Kier alpha value is -1.66. The van der Waals surface area contributed by atoms with Crippen molar-refractivity contribution in [3.05, 3.63) is 28.2 Å². The molecule has 1 aromatic carbocycles. The molecular formula is C10H8Cl2N4O2. The van der Waals surface area contributed by atoms with Crippen LogP contribution in [0.1, 0.15) is 6.42 Å². The number of hydrogen-bond donors (Lipinski definition) is 1. The topological polar surface area (TPSA) is 80.9 Å². The monoisotopic (exact) mass is 286 g/mol. The fourth-order valence-corrected chi connectivity index (χ4v) is 1.91. The van der Waals surface area contributed by atoms with Crippen molar-refractivity contribution in [3.63, 3.8) is 0 Å². The third-order valence-electron chi connectivity index (χ3n) is 2.24. The Morgan fingerprint density at radius 2 is 2.17 bits per heavy atom. The molecule has 18 heavy (non-hydrogen) atoms. The summed E-state index contributed by atoms with van der Waals surface area (Å²) in [5.74, 6) is -0.503. The minimum Gasteiger partial charge on any atom is -0.481 e. The normalized spacial score (nSPS) is 10.6. The van der Waals surface area contributed by atoms with E-state index in [-0.39, 0.29) is 13.0 Å². The smallest absolute Gasteiger partial charge is 0.305 e. The summed E-state index contributed by atoms with van der Waals surface area (Å²) >= 11 is 11.8. The van der Waals surface area contributed by atoms with Gasteiger partial charge in [-0.1, -0.05) is 23.2 Å². The van der Waals surface area contributed by atoms with Gasteiger partial charge in [0.1, 0.15) is 0 Å². The number of aromatic nitrogens is 4. The van der Waals surface area contributed by atoms with Gasteiger partial charge in [0.25, 0.3) is 0 Å². The molecule has 94 valence electrons. The molecule has 8 heteroatoms. The molecule has 0 radical (unpaired) electrons. The summed E-state index contributed by atoms with van der Waals surface area (Å²) in [5.41, 5.74) is 0.608. The number of tetrazole rings is 1. The number of carboxylic acid groups (broad SMARTS) is 1. The summed E-state index contributed by atoms with van der Waals surface area (Å²) in [7, 11) is 0. The maximum atomic E-state index is 10.5. The van der Waals surface area contributed by atoms with Crippen LogP contribution in [-0.2, 0) is 11.3 Å². The summed E-state index contributed by atoms with van der Waals surface area (Å²) in [4.78, 5) is 10.5. The maximum Gasteiger partial charge on any atom is 0.305 e. The second kappa shape index (κ2) is 5.32. The first-order chi connectivity index (χ1) is 8.58. The van der Waals surface area contributed by atoms with Gasteiger partial charge in [-0.2, -0.15) is 0 Å². The van der Waals surface area contributed by atoms with Gasteiger partial charge in [0.2, 0.25) is 0 Å². The van der Waals surface area contributed by atoms with Crippen molar-refractivity contribution in [1.29, 1.82) is 0 Å². The van der Waals surface area contributed by atoms with Crippen molar-refractivity contribution >= 4 is 29.2 Å². The molecule has 0 unspecified atom stereocenters. The molecule has 0 saturated carbocycles. The Morgan fingerprint density at radius 3 is 2.83 bits per heavy atom. The number of nitrogens with zero attached hydrogens (tertiary/aromatic N) is 4. The molecule has 2 rings (SSSR count). The Kier molecular flexibility index (Phi) is 3.78. The molecule has 0 aliphatic heterocycles. The predicted octanol–water partition coefficient (Wildman–Crippen LogP) is 2.12. The molecule has 0 spiro atoms. The first kappa shape index (κ1) is 12.8. The van der Waals surface area contributed by atoms with Crippen molar-refractivity contribution in [2.75, 3.05) is 0 Å². The zero-order chi connectivity index (χ0) is 13.1. The van der Waals surface area contributed by atoms with Gasteiger partial charge in [-0.3, -0.25) is 4.79 Å². The molecule has 0 amide bonds. The lowest BCUT2D eigenvalue weighted by atomic mass is 10.2. The highest BCUT2D eigenvalue weighted by atomic mass is 35.5. The molecule has 0 fully saturated rings. The summed E-state index contributed by atoms with van der Waals surface area (Å²) in [6.07, 6.45) is -0.0662.